The summed E-state index contributed by atoms with van der Waals surface area (Å²) in [5, 5.41) is 0. The molecule has 1 aliphatic heterocycles. The largest absolute Gasteiger partial charge is 0.297 e. The van der Waals surface area contributed by atoms with Crippen LogP contribution in [-0.4, -0.2) is 29.0 Å². The molecule has 1 aliphatic rings. The number of amides is 2. The van der Waals surface area contributed by atoms with Crippen LogP contribution >= 0.6 is 0 Å². The topological polar surface area (TPSA) is 54.5 Å². The van der Waals surface area contributed by atoms with Crippen LogP contribution in [0.1, 0.15) is 45.4 Å². The second-order valence-electron chi connectivity index (χ2n) is 3.90. The maximum Gasteiger partial charge on any atom is 0.237 e. The van der Waals surface area contributed by atoms with E-state index in [4.69, 9.17) is 0 Å². The van der Waals surface area contributed by atoms with Crippen LogP contribution in [-0.2, 0) is 14.4 Å². The summed E-state index contributed by atoms with van der Waals surface area (Å²) in [6, 6.07) is 0. The standard InChI is InChI=1S/C11H17NO3/c1-2-3-4-5-6-10(14)12-8-9(13)7-11(12)15/h2-8H2,1H3. The summed E-state index contributed by atoms with van der Waals surface area (Å²) in [6.07, 6.45) is 4.35. The van der Waals surface area contributed by atoms with Crippen molar-refractivity contribution >= 4 is 17.6 Å². The second-order valence-corrected chi connectivity index (χ2v) is 3.90. The molecule has 1 fully saturated rings. The van der Waals surface area contributed by atoms with Gasteiger partial charge < -0.3 is 0 Å². The zero-order valence-corrected chi connectivity index (χ0v) is 9.12. The fourth-order valence-corrected chi connectivity index (χ4v) is 1.65. The molecule has 0 unspecified atom stereocenters. The van der Waals surface area contributed by atoms with Gasteiger partial charge in [-0.1, -0.05) is 26.2 Å². The summed E-state index contributed by atoms with van der Waals surface area (Å²) in [5.74, 6) is -0.677. The molecule has 1 heterocycles. The number of unbranched alkanes of at least 4 members (excludes halogenated alkanes) is 3. The summed E-state index contributed by atoms with van der Waals surface area (Å²) in [7, 11) is 0. The molecule has 0 saturated carbocycles. The first kappa shape index (κ1) is 11.9. The molecule has 2 amide bonds. The van der Waals surface area contributed by atoms with Crippen LogP contribution in [0.2, 0.25) is 0 Å². The first-order valence-electron chi connectivity index (χ1n) is 5.50. The van der Waals surface area contributed by atoms with Gasteiger partial charge in [0.15, 0.2) is 5.78 Å². The number of nitrogens with zero attached hydrogens (tertiary/aromatic N) is 1. The third-order valence-electron chi connectivity index (χ3n) is 2.53. The molecule has 0 atom stereocenters. The SMILES string of the molecule is CCCCCCC(=O)N1CC(=O)CC1=O. The number of likely N-dealkylation sites (tertiary alicyclic amines) is 1. The zero-order valence-electron chi connectivity index (χ0n) is 9.12. The number of hydrogen-bond acceptors (Lipinski definition) is 3. The van der Waals surface area contributed by atoms with Gasteiger partial charge in [-0.3, -0.25) is 19.3 Å². The third-order valence-corrected chi connectivity index (χ3v) is 2.53. The minimum absolute atomic E-state index is 0.00849. The zero-order chi connectivity index (χ0) is 11.3. The molecule has 4 heteroatoms. The number of hydrogen-bond donors (Lipinski definition) is 0. The molecule has 0 spiro atoms. The second kappa shape index (κ2) is 5.63. The van der Waals surface area contributed by atoms with Crippen molar-refractivity contribution in [1.29, 1.82) is 0 Å². The quantitative estimate of drug-likeness (QED) is 0.508. The first-order chi connectivity index (χ1) is 7.15. The van der Waals surface area contributed by atoms with Crippen molar-refractivity contribution in [1.82, 2.24) is 4.90 Å². The van der Waals surface area contributed by atoms with Gasteiger partial charge in [0.25, 0.3) is 0 Å². The lowest BCUT2D eigenvalue weighted by Crippen LogP contribution is -2.32. The van der Waals surface area contributed by atoms with E-state index in [1.807, 2.05) is 0 Å². The number of imide groups is 1. The number of carbonyl (C=O) groups excluding carboxylic acids is 3. The maximum atomic E-state index is 11.5. The highest BCUT2D eigenvalue weighted by Crippen LogP contribution is 2.11. The summed E-state index contributed by atoms with van der Waals surface area (Å²) in [4.78, 5) is 34.7. The summed E-state index contributed by atoms with van der Waals surface area (Å²) < 4.78 is 0. The van der Waals surface area contributed by atoms with E-state index in [0.29, 0.717) is 6.42 Å². The number of Topliss-reactive ketones (excluding diaryl/α,β-unsaturated/α-hetero) is 1. The van der Waals surface area contributed by atoms with Gasteiger partial charge in [-0.15, -0.1) is 0 Å². The minimum atomic E-state index is -0.333. The van der Waals surface area contributed by atoms with Crippen LogP contribution < -0.4 is 0 Å². The summed E-state index contributed by atoms with van der Waals surface area (Å²) in [6.45, 7) is 2.09. The molecule has 0 aromatic rings. The van der Waals surface area contributed by atoms with Crippen molar-refractivity contribution in [3.8, 4) is 0 Å². The molecule has 15 heavy (non-hydrogen) atoms. The molecular formula is C11H17NO3. The third kappa shape index (κ3) is 3.46. The molecule has 0 aromatic carbocycles. The Kier molecular flexibility index (Phi) is 4.46. The van der Waals surface area contributed by atoms with Crippen LogP contribution in [0, 0.1) is 0 Å². The van der Waals surface area contributed by atoms with E-state index in [-0.39, 0.29) is 30.6 Å². The van der Waals surface area contributed by atoms with Gasteiger partial charge in [-0.2, -0.15) is 0 Å². The van der Waals surface area contributed by atoms with Crippen LogP contribution in [0.15, 0.2) is 0 Å². The first-order valence-corrected chi connectivity index (χ1v) is 5.50. The predicted octanol–water partition coefficient (Wildman–Crippen LogP) is 1.28. The molecule has 0 aromatic heterocycles. The molecule has 0 aliphatic carbocycles. The normalized spacial score (nSPS) is 16.2. The van der Waals surface area contributed by atoms with Crippen molar-refractivity contribution in [2.75, 3.05) is 6.54 Å². The Morgan fingerprint density at radius 3 is 2.53 bits per heavy atom. The Morgan fingerprint density at radius 1 is 1.27 bits per heavy atom. The van der Waals surface area contributed by atoms with Crippen molar-refractivity contribution in [3.05, 3.63) is 0 Å². The van der Waals surface area contributed by atoms with E-state index in [1.54, 1.807) is 0 Å². The van der Waals surface area contributed by atoms with Gasteiger partial charge in [0.05, 0.1) is 13.0 Å². The fourth-order valence-electron chi connectivity index (χ4n) is 1.65. The Morgan fingerprint density at radius 2 is 2.00 bits per heavy atom. The Labute approximate surface area is 89.6 Å². The maximum absolute atomic E-state index is 11.5. The smallest absolute Gasteiger partial charge is 0.237 e. The van der Waals surface area contributed by atoms with Gasteiger partial charge in [-0.25, -0.2) is 0 Å². The Hall–Kier alpha value is -1.19. The van der Waals surface area contributed by atoms with E-state index in [0.717, 1.165) is 30.6 Å². The van der Waals surface area contributed by atoms with Crippen molar-refractivity contribution in [2.24, 2.45) is 0 Å². The predicted molar refractivity (Wildman–Crippen MR) is 55.1 cm³/mol. The monoisotopic (exact) mass is 211 g/mol. The van der Waals surface area contributed by atoms with E-state index in [2.05, 4.69) is 6.92 Å². The van der Waals surface area contributed by atoms with Gasteiger partial charge in [0.2, 0.25) is 11.8 Å². The van der Waals surface area contributed by atoms with Gasteiger partial charge in [0, 0.05) is 6.42 Å². The van der Waals surface area contributed by atoms with Crippen molar-refractivity contribution < 1.29 is 14.4 Å². The molecular weight excluding hydrogens is 194 g/mol. The Balaban J connectivity index is 2.28. The lowest BCUT2D eigenvalue weighted by Gasteiger charge is -2.11. The van der Waals surface area contributed by atoms with Crippen molar-refractivity contribution in [2.45, 2.75) is 45.4 Å². The lowest BCUT2D eigenvalue weighted by atomic mass is 10.1. The minimum Gasteiger partial charge on any atom is -0.297 e. The summed E-state index contributed by atoms with van der Waals surface area (Å²) in [5.41, 5.74) is 0. The molecule has 84 valence electrons. The van der Waals surface area contributed by atoms with E-state index < -0.39 is 0 Å². The van der Waals surface area contributed by atoms with Gasteiger partial charge in [0.1, 0.15) is 0 Å². The number of carbonyl (C=O) groups is 3. The molecule has 0 bridgehead atoms. The molecule has 0 radical (unpaired) electrons. The molecule has 1 rings (SSSR count). The van der Waals surface area contributed by atoms with E-state index in [1.165, 1.54) is 0 Å². The molecule has 4 nitrogen and oxygen atoms in total. The average molecular weight is 211 g/mol. The number of ketones is 1. The highest BCUT2D eigenvalue weighted by atomic mass is 16.2. The van der Waals surface area contributed by atoms with Crippen LogP contribution in [0.5, 0.6) is 0 Å². The fraction of sp³-hybridized carbons (Fsp3) is 0.727. The van der Waals surface area contributed by atoms with Gasteiger partial charge in [-0.05, 0) is 6.42 Å². The summed E-state index contributed by atoms with van der Waals surface area (Å²) >= 11 is 0. The van der Waals surface area contributed by atoms with E-state index in [9.17, 15) is 14.4 Å². The molecule has 1 saturated heterocycles. The van der Waals surface area contributed by atoms with Crippen LogP contribution in [0.4, 0.5) is 0 Å². The van der Waals surface area contributed by atoms with Gasteiger partial charge >= 0.3 is 0 Å². The average Bonchev–Trinajstić information content (AvgIpc) is 2.52. The van der Waals surface area contributed by atoms with E-state index >= 15 is 0 Å². The highest BCUT2D eigenvalue weighted by molar-refractivity contribution is 6.12. The van der Waals surface area contributed by atoms with Crippen molar-refractivity contribution in [3.63, 3.8) is 0 Å². The molecule has 0 N–H and O–H groups in total. The van der Waals surface area contributed by atoms with Crippen LogP contribution in [0.25, 0.3) is 0 Å². The lowest BCUT2D eigenvalue weighted by molar-refractivity contribution is -0.142. The number of rotatable bonds is 5. The van der Waals surface area contributed by atoms with Crippen LogP contribution in [0.3, 0.4) is 0 Å². The Bertz CT molecular complexity index is 273. The highest BCUT2D eigenvalue weighted by Gasteiger charge is 2.31.